The summed E-state index contributed by atoms with van der Waals surface area (Å²) in [7, 11) is 1.63. The molecule has 0 bridgehead atoms. The van der Waals surface area contributed by atoms with E-state index >= 15 is 0 Å². The standard InChI is InChI=1S/C13H14BrN3O/c1-8-3-5-11(15)13(16-8)17-9-4-6-12(18-2)10(14)7-9/h3-7H,15H2,1-2H3,(H,16,17). The SMILES string of the molecule is COc1ccc(Nc2nc(C)ccc2N)cc1Br. The van der Waals surface area contributed by atoms with Crippen molar-refractivity contribution in [3.05, 3.63) is 40.5 Å². The van der Waals surface area contributed by atoms with Crippen molar-refractivity contribution in [2.45, 2.75) is 6.92 Å². The number of methoxy groups -OCH3 is 1. The van der Waals surface area contributed by atoms with Gasteiger partial charge in [-0.3, -0.25) is 0 Å². The molecule has 0 atom stereocenters. The van der Waals surface area contributed by atoms with Crippen LogP contribution in [0, 0.1) is 6.92 Å². The van der Waals surface area contributed by atoms with Gasteiger partial charge in [-0.25, -0.2) is 4.98 Å². The molecular weight excluding hydrogens is 294 g/mol. The largest absolute Gasteiger partial charge is 0.496 e. The minimum atomic E-state index is 0.618. The van der Waals surface area contributed by atoms with Crippen LogP contribution in [0.4, 0.5) is 17.2 Å². The van der Waals surface area contributed by atoms with Gasteiger partial charge >= 0.3 is 0 Å². The lowest BCUT2D eigenvalue weighted by molar-refractivity contribution is 0.412. The lowest BCUT2D eigenvalue weighted by atomic mass is 10.3. The summed E-state index contributed by atoms with van der Waals surface area (Å²) in [5.41, 5.74) is 8.30. The van der Waals surface area contributed by atoms with Crippen molar-refractivity contribution in [3.8, 4) is 5.75 Å². The molecule has 5 heteroatoms. The molecule has 4 nitrogen and oxygen atoms in total. The van der Waals surface area contributed by atoms with E-state index in [1.807, 2.05) is 37.3 Å². The molecule has 3 N–H and O–H groups in total. The zero-order valence-corrected chi connectivity index (χ0v) is 11.8. The molecule has 1 aromatic carbocycles. The van der Waals surface area contributed by atoms with Gasteiger partial charge in [0.1, 0.15) is 5.75 Å². The third-order valence-corrected chi connectivity index (χ3v) is 3.10. The maximum Gasteiger partial charge on any atom is 0.153 e. The normalized spacial score (nSPS) is 10.2. The number of hydrogen-bond donors (Lipinski definition) is 2. The van der Waals surface area contributed by atoms with E-state index in [-0.39, 0.29) is 0 Å². The Kier molecular flexibility index (Phi) is 3.72. The fraction of sp³-hybridized carbons (Fsp3) is 0.154. The lowest BCUT2D eigenvalue weighted by Gasteiger charge is -2.10. The van der Waals surface area contributed by atoms with Gasteiger partial charge < -0.3 is 15.8 Å². The van der Waals surface area contributed by atoms with E-state index in [4.69, 9.17) is 10.5 Å². The maximum absolute atomic E-state index is 5.87. The van der Waals surface area contributed by atoms with Gasteiger partial charge in [0.25, 0.3) is 0 Å². The van der Waals surface area contributed by atoms with Crippen molar-refractivity contribution < 1.29 is 4.74 Å². The predicted octanol–water partition coefficient (Wildman–Crippen LogP) is 3.49. The number of nitrogens with zero attached hydrogens (tertiary/aromatic N) is 1. The molecule has 0 aliphatic heterocycles. The maximum atomic E-state index is 5.87. The minimum absolute atomic E-state index is 0.618. The van der Waals surface area contributed by atoms with Crippen molar-refractivity contribution in [2.24, 2.45) is 0 Å². The third kappa shape index (κ3) is 2.73. The Morgan fingerprint density at radius 3 is 2.72 bits per heavy atom. The van der Waals surface area contributed by atoms with Crippen molar-refractivity contribution in [1.82, 2.24) is 4.98 Å². The van der Waals surface area contributed by atoms with Gasteiger partial charge in [-0.05, 0) is 53.2 Å². The smallest absolute Gasteiger partial charge is 0.153 e. The minimum Gasteiger partial charge on any atom is -0.496 e. The summed E-state index contributed by atoms with van der Waals surface area (Å²) in [6.07, 6.45) is 0. The van der Waals surface area contributed by atoms with E-state index in [9.17, 15) is 0 Å². The summed E-state index contributed by atoms with van der Waals surface area (Å²) >= 11 is 3.44. The van der Waals surface area contributed by atoms with Crippen molar-refractivity contribution in [3.63, 3.8) is 0 Å². The number of nitrogen functional groups attached to an aromatic ring is 1. The molecule has 0 saturated carbocycles. The summed E-state index contributed by atoms with van der Waals surface area (Å²) in [6, 6.07) is 9.42. The first-order valence-electron chi connectivity index (χ1n) is 5.44. The zero-order chi connectivity index (χ0) is 13.1. The highest BCUT2D eigenvalue weighted by Gasteiger charge is 2.05. The topological polar surface area (TPSA) is 60.2 Å². The highest BCUT2D eigenvalue weighted by atomic mass is 79.9. The number of aromatic nitrogens is 1. The van der Waals surface area contributed by atoms with E-state index in [0.29, 0.717) is 11.5 Å². The van der Waals surface area contributed by atoms with Crippen LogP contribution in [0.2, 0.25) is 0 Å². The molecule has 0 fully saturated rings. The van der Waals surface area contributed by atoms with Gasteiger partial charge in [-0.2, -0.15) is 0 Å². The zero-order valence-electron chi connectivity index (χ0n) is 10.2. The Labute approximate surface area is 114 Å². The molecule has 18 heavy (non-hydrogen) atoms. The van der Waals surface area contributed by atoms with Gasteiger partial charge in [0.2, 0.25) is 0 Å². The summed E-state index contributed by atoms with van der Waals surface area (Å²) in [5.74, 6) is 1.44. The van der Waals surface area contributed by atoms with Crippen molar-refractivity contribution >= 4 is 33.1 Å². The van der Waals surface area contributed by atoms with Gasteiger partial charge in [0.05, 0.1) is 17.3 Å². The highest BCUT2D eigenvalue weighted by molar-refractivity contribution is 9.10. The fourth-order valence-corrected chi connectivity index (χ4v) is 2.09. The highest BCUT2D eigenvalue weighted by Crippen LogP contribution is 2.30. The molecule has 0 unspecified atom stereocenters. The molecule has 2 aromatic rings. The molecule has 1 heterocycles. The first-order chi connectivity index (χ1) is 8.60. The van der Waals surface area contributed by atoms with Crippen molar-refractivity contribution in [2.75, 3.05) is 18.2 Å². The summed E-state index contributed by atoms with van der Waals surface area (Å²) < 4.78 is 6.05. The quantitative estimate of drug-likeness (QED) is 0.911. The van der Waals surface area contributed by atoms with Crippen LogP contribution in [0.1, 0.15) is 5.69 Å². The van der Waals surface area contributed by atoms with Gasteiger partial charge in [-0.1, -0.05) is 0 Å². The number of aryl methyl sites for hydroxylation is 1. The van der Waals surface area contributed by atoms with Crippen LogP contribution in [0.15, 0.2) is 34.8 Å². The molecule has 94 valence electrons. The monoisotopic (exact) mass is 307 g/mol. The second-order valence-corrected chi connectivity index (χ2v) is 4.72. The second kappa shape index (κ2) is 5.27. The first kappa shape index (κ1) is 12.7. The number of rotatable bonds is 3. The molecular formula is C13H14BrN3O. The number of nitrogens with one attached hydrogen (secondary N) is 1. The summed E-state index contributed by atoms with van der Waals surface area (Å²) in [4.78, 5) is 4.36. The van der Waals surface area contributed by atoms with Crippen LogP contribution < -0.4 is 15.8 Å². The molecule has 0 spiro atoms. The Hall–Kier alpha value is -1.75. The summed E-state index contributed by atoms with van der Waals surface area (Å²) in [6.45, 7) is 1.93. The number of hydrogen-bond acceptors (Lipinski definition) is 4. The molecule has 0 saturated heterocycles. The van der Waals surface area contributed by atoms with E-state index in [0.717, 1.165) is 21.6 Å². The van der Waals surface area contributed by atoms with E-state index < -0.39 is 0 Å². The number of nitrogens with two attached hydrogens (primary N) is 1. The average molecular weight is 308 g/mol. The molecule has 0 aliphatic carbocycles. The predicted molar refractivity (Wildman–Crippen MR) is 77.4 cm³/mol. The third-order valence-electron chi connectivity index (χ3n) is 2.48. The Balaban J connectivity index is 2.28. The van der Waals surface area contributed by atoms with Crippen LogP contribution in [-0.4, -0.2) is 12.1 Å². The number of anilines is 3. The molecule has 2 rings (SSSR count). The van der Waals surface area contributed by atoms with E-state index in [1.54, 1.807) is 7.11 Å². The Bertz CT molecular complexity index is 572. The lowest BCUT2D eigenvalue weighted by Crippen LogP contribution is -2.00. The van der Waals surface area contributed by atoms with Gasteiger partial charge in [0, 0.05) is 11.4 Å². The fourth-order valence-electron chi connectivity index (χ4n) is 1.55. The Morgan fingerprint density at radius 1 is 1.28 bits per heavy atom. The number of benzene rings is 1. The van der Waals surface area contributed by atoms with E-state index in [2.05, 4.69) is 26.2 Å². The number of halogens is 1. The average Bonchev–Trinajstić information content (AvgIpc) is 2.34. The van der Waals surface area contributed by atoms with Crippen LogP contribution in [-0.2, 0) is 0 Å². The van der Waals surface area contributed by atoms with Gasteiger partial charge in [-0.15, -0.1) is 0 Å². The second-order valence-electron chi connectivity index (χ2n) is 3.86. The van der Waals surface area contributed by atoms with Crippen LogP contribution in [0.3, 0.4) is 0 Å². The number of pyridine rings is 1. The molecule has 0 radical (unpaired) electrons. The van der Waals surface area contributed by atoms with Crippen LogP contribution >= 0.6 is 15.9 Å². The van der Waals surface area contributed by atoms with E-state index in [1.165, 1.54) is 0 Å². The first-order valence-corrected chi connectivity index (χ1v) is 6.23. The summed E-state index contributed by atoms with van der Waals surface area (Å²) in [5, 5.41) is 3.18. The molecule has 0 aliphatic rings. The van der Waals surface area contributed by atoms with Gasteiger partial charge in [0.15, 0.2) is 5.82 Å². The molecule has 0 amide bonds. The molecule has 1 aromatic heterocycles. The number of ether oxygens (including phenoxy) is 1. The van der Waals surface area contributed by atoms with Crippen LogP contribution in [0.5, 0.6) is 5.75 Å². The van der Waals surface area contributed by atoms with Crippen LogP contribution in [0.25, 0.3) is 0 Å². The Morgan fingerprint density at radius 2 is 2.06 bits per heavy atom. The van der Waals surface area contributed by atoms with Crippen molar-refractivity contribution in [1.29, 1.82) is 0 Å².